The summed E-state index contributed by atoms with van der Waals surface area (Å²) in [4.78, 5) is 12.6. The molecule has 0 aliphatic rings. The number of furan rings is 1. The van der Waals surface area contributed by atoms with Gasteiger partial charge in [0.1, 0.15) is 12.4 Å². The van der Waals surface area contributed by atoms with Gasteiger partial charge in [-0.05, 0) is 85.7 Å². The Hall–Kier alpha value is -2.94. The highest BCUT2D eigenvalue weighted by molar-refractivity contribution is 7.89. The summed E-state index contributed by atoms with van der Waals surface area (Å²) in [6, 6.07) is 11.4. The number of carbonyl (C=O) groups is 1. The molecule has 0 fully saturated rings. The molecule has 1 aromatic heterocycles. The zero-order chi connectivity index (χ0) is 25.6. The first-order valence-electron chi connectivity index (χ1n) is 11.6. The normalized spacial score (nSPS) is 11.6. The Bertz CT molecular complexity index is 1250. The van der Waals surface area contributed by atoms with Crippen LogP contribution in [0.3, 0.4) is 0 Å². The van der Waals surface area contributed by atoms with Crippen LogP contribution in [-0.4, -0.2) is 20.9 Å². The summed E-state index contributed by atoms with van der Waals surface area (Å²) >= 11 is 0. The molecule has 0 bridgehead atoms. The van der Waals surface area contributed by atoms with Gasteiger partial charge in [-0.1, -0.05) is 24.3 Å². The van der Waals surface area contributed by atoms with Gasteiger partial charge in [-0.3, -0.25) is 4.79 Å². The van der Waals surface area contributed by atoms with Crippen LogP contribution < -0.4 is 10.0 Å². The maximum absolute atomic E-state index is 13.0. The van der Waals surface area contributed by atoms with Gasteiger partial charge in [0.05, 0.1) is 17.8 Å². The lowest BCUT2D eigenvalue weighted by Crippen LogP contribution is -2.31. The van der Waals surface area contributed by atoms with Gasteiger partial charge in [0.15, 0.2) is 0 Å². The van der Waals surface area contributed by atoms with E-state index in [-0.39, 0.29) is 18.9 Å². The van der Waals surface area contributed by atoms with Crippen molar-refractivity contribution in [3.63, 3.8) is 0 Å². The number of benzene rings is 2. The van der Waals surface area contributed by atoms with Crippen molar-refractivity contribution in [3.8, 4) is 0 Å². The van der Waals surface area contributed by atoms with Crippen molar-refractivity contribution in [3.05, 3.63) is 87.4 Å². The lowest BCUT2D eigenvalue weighted by Gasteiger charge is -2.19. The summed E-state index contributed by atoms with van der Waals surface area (Å²) < 4.78 is 39.5. The molecule has 0 radical (unpaired) electrons. The van der Waals surface area contributed by atoms with Gasteiger partial charge in [-0.25, -0.2) is 13.1 Å². The van der Waals surface area contributed by atoms with Crippen molar-refractivity contribution >= 4 is 15.9 Å². The standard InChI is InChI=1S/C27H34N2O5S/c1-18-19(2)21(4)27(22(5)20(18)3)35(31,32)29-12-11-26(30)28-15-23-8-6-9-24(14-23)16-33-17-25-10-7-13-34-25/h6-10,13-14,29H,11-12,15-17H2,1-5H3,(H,28,30). The van der Waals surface area contributed by atoms with Gasteiger partial charge in [-0.2, -0.15) is 0 Å². The molecular weight excluding hydrogens is 464 g/mol. The third-order valence-corrected chi connectivity index (χ3v) is 8.15. The largest absolute Gasteiger partial charge is 0.467 e. The molecule has 0 unspecified atom stereocenters. The number of hydrogen-bond donors (Lipinski definition) is 2. The fraction of sp³-hybridized carbons (Fsp3) is 0.370. The molecule has 0 aliphatic heterocycles. The minimum Gasteiger partial charge on any atom is -0.467 e. The van der Waals surface area contributed by atoms with Gasteiger partial charge in [-0.15, -0.1) is 0 Å². The third kappa shape index (κ3) is 6.81. The van der Waals surface area contributed by atoms with Crippen molar-refractivity contribution < 1.29 is 22.4 Å². The minimum atomic E-state index is -3.73. The molecule has 3 aromatic rings. The molecule has 1 amide bonds. The predicted molar refractivity (Wildman–Crippen MR) is 135 cm³/mol. The number of sulfonamides is 1. The van der Waals surface area contributed by atoms with Gasteiger partial charge < -0.3 is 14.5 Å². The smallest absolute Gasteiger partial charge is 0.241 e. The fourth-order valence-corrected chi connectivity index (χ4v) is 5.65. The molecule has 0 saturated heterocycles. The molecule has 8 heteroatoms. The maximum atomic E-state index is 13.0. The third-order valence-electron chi connectivity index (χ3n) is 6.42. The van der Waals surface area contributed by atoms with Crippen LogP contribution in [0.2, 0.25) is 0 Å². The average molecular weight is 499 g/mol. The summed E-state index contributed by atoms with van der Waals surface area (Å²) in [5, 5.41) is 2.85. The zero-order valence-corrected chi connectivity index (χ0v) is 21.8. The molecule has 1 heterocycles. The van der Waals surface area contributed by atoms with Crippen molar-refractivity contribution in [2.24, 2.45) is 0 Å². The highest BCUT2D eigenvalue weighted by atomic mass is 32.2. The van der Waals surface area contributed by atoms with E-state index in [9.17, 15) is 13.2 Å². The molecule has 3 rings (SSSR count). The summed E-state index contributed by atoms with van der Waals surface area (Å²) in [5.74, 6) is 0.541. The number of carbonyl (C=O) groups excluding carboxylic acids is 1. The Morgan fingerprint density at radius 1 is 0.886 bits per heavy atom. The Labute approximate surface area is 207 Å². The predicted octanol–water partition coefficient (Wildman–Crippen LogP) is 4.52. The zero-order valence-electron chi connectivity index (χ0n) is 21.0. The van der Waals surface area contributed by atoms with Crippen LogP contribution in [0.5, 0.6) is 0 Å². The number of rotatable bonds is 11. The van der Waals surface area contributed by atoms with Crippen LogP contribution in [0.15, 0.2) is 52.0 Å². The second-order valence-electron chi connectivity index (χ2n) is 8.77. The van der Waals surface area contributed by atoms with Gasteiger partial charge in [0, 0.05) is 19.5 Å². The maximum Gasteiger partial charge on any atom is 0.241 e. The van der Waals surface area contributed by atoms with Crippen LogP contribution in [0.25, 0.3) is 0 Å². The number of hydrogen-bond acceptors (Lipinski definition) is 5. The first kappa shape index (κ1) is 26.7. The molecule has 35 heavy (non-hydrogen) atoms. The first-order chi connectivity index (χ1) is 16.6. The van der Waals surface area contributed by atoms with Gasteiger partial charge in [0.25, 0.3) is 0 Å². The van der Waals surface area contributed by atoms with Crippen LogP contribution in [0.4, 0.5) is 0 Å². The second-order valence-corrected chi connectivity index (χ2v) is 10.5. The molecule has 0 aliphatic carbocycles. The van der Waals surface area contributed by atoms with Crippen LogP contribution >= 0.6 is 0 Å². The van der Waals surface area contributed by atoms with E-state index in [1.807, 2.05) is 71.0 Å². The van der Waals surface area contributed by atoms with E-state index in [4.69, 9.17) is 9.15 Å². The van der Waals surface area contributed by atoms with Crippen molar-refractivity contribution in [1.29, 1.82) is 0 Å². The first-order valence-corrected chi connectivity index (χ1v) is 13.1. The lowest BCUT2D eigenvalue weighted by atomic mass is 9.95. The molecule has 0 atom stereocenters. The summed E-state index contributed by atoms with van der Waals surface area (Å²) in [6.07, 6.45) is 1.66. The van der Waals surface area contributed by atoms with E-state index in [0.29, 0.717) is 24.7 Å². The van der Waals surface area contributed by atoms with Gasteiger partial charge in [0.2, 0.25) is 15.9 Å². The number of ether oxygens (including phenoxy) is 1. The van der Waals surface area contributed by atoms with E-state index < -0.39 is 10.0 Å². The average Bonchev–Trinajstić information content (AvgIpc) is 3.34. The summed E-state index contributed by atoms with van der Waals surface area (Å²) in [7, 11) is -3.73. The highest BCUT2D eigenvalue weighted by Crippen LogP contribution is 2.29. The molecular formula is C27H34N2O5S. The van der Waals surface area contributed by atoms with Crippen molar-refractivity contribution in [1.82, 2.24) is 10.0 Å². The van der Waals surface area contributed by atoms with E-state index in [0.717, 1.165) is 44.7 Å². The Balaban J connectivity index is 1.49. The van der Waals surface area contributed by atoms with E-state index in [2.05, 4.69) is 10.0 Å². The molecule has 7 nitrogen and oxygen atoms in total. The summed E-state index contributed by atoms with van der Waals surface area (Å²) in [6.45, 7) is 10.7. The van der Waals surface area contributed by atoms with E-state index in [1.165, 1.54) is 0 Å². The topological polar surface area (TPSA) is 97.6 Å². The minimum absolute atomic E-state index is 0.0275. The summed E-state index contributed by atoms with van der Waals surface area (Å²) in [5.41, 5.74) is 6.47. The monoisotopic (exact) mass is 498 g/mol. The van der Waals surface area contributed by atoms with Crippen LogP contribution in [0, 0.1) is 34.6 Å². The van der Waals surface area contributed by atoms with E-state index >= 15 is 0 Å². The quantitative estimate of drug-likeness (QED) is 0.405. The second kappa shape index (κ2) is 11.7. The van der Waals surface area contributed by atoms with Crippen molar-refractivity contribution in [2.75, 3.05) is 6.54 Å². The van der Waals surface area contributed by atoms with Gasteiger partial charge >= 0.3 is 0 Å². The number of amides is 1. The Morgan fingerprint density at radius 3 is 2.20 bits per heavy atom. The molecule has 2 N–H and O–H groups in total. The van der Waals surface area contributed by atoms with Crippen LogP contribution in [0.1, 0.15) is 51.1 Å². The van der Waals surface area contributed by atoms with Crippen LogP contribution in [-0.2, 0) is 39.3 Å². The molecule has 0 saturated carbocycles. The Kier molecular flexibility index (Phi) is 8.88. The highest BCUT2D eigenvalue weighted by Gasteiger charge is 2.23. The lowest BCUT2D eigenvalue weighted by molar-refractivity contribution is -0.121. The SMILES string of the molecule is Cc1c(C)c(C)c(S(=O)(=O)NCCC(=O)NCc2cccc(COCc3ccco3)c2)c(C)c1C. The fourth-order valence-electron chi connectivity index (χ4n) is 4.02. The molecule has 188 valence electrons. The Morgan fingerprint density at radius 2 is 1.54 bits per heavy atom. The molecule has 0 spiro atoms. The van der Waals surface area contributed by atoms with Crippen molar-refractivity contribution in [2.45, 2.75) is 65.7 Å². The molecule has 2 aromatic carbocycles. The van der Waals surface area contributed by atoms with E-state index in [1.54, 1.807) is 6.26 Å². The number of nitrogens with one attached hydrogen (secondary N) is 2.